The van der Waals surface area contributed by atoms with Crippen LogP contribution in [0.15, 0.2) is 0 Å². The Morgan fingerprint density at radius 2 is 1.80 bits per heavy atom. The van der Waals surface area contributed by atoms with Crippen molar-refractivity contribution < 1.29 is 4.74 Å². The molecule has 0 radical (unpaired) electrons. The summed E-state index contributed by atoms with van der Waals surface area (Å²) in [7, 11) is 6.08. The van der Waals surface area contributed by atoms with Gasteiger partial charge in [-0.05, 0) is 27.1 Å². The Morgan fingerprint density at radius 3 is 2.35 bits per heavy atom. The van der Waals surface area contributed by atoms with Gasteiger partial charge in [0.15, 0.2) is 0 Å². The van der Waals surface area contributed by atoms with Crippen LogP contribution in [0.1, 0.15) is 13.3 Å². The normalized spacial score (nSPS) is 19.6. The van der Waals surface area contributed by atoms with Gasteiger partial charge < -0.3 is 15.0 Å². The van der Waals surface area contributed by atoms with E-state index in [2.05, 4.69) is 41.0 Å². The lowest BCUT2D eigenvalue weighted by Crippen LogP contribution is -2.52. The van der Waals surface area contributed by atoms with Crippen molar-refractivity contribution in [2.75, 3.05) is 80.2 Å². The molecular formula is C15H34N4O. The predicted octanol–water partition coefficient (Wildman–Crippen LogP) is 0.180. The highest BCUT2D eigenvalue weighted by Crippen LogP contribution is 2.03. The molecule has 0 bridgehead atoms. The molecule has 1 aliphatic rings. The SMILES string of the molecule is CCCNC(COC)CN1CCN(CCN(C)C)CC1. The molecule has 120 valence electrons. The van der Waals surface area contributed by atoms with Gasteiger partial charge in [-0.15, -0.1) is 0 Å². The molecule has 1 aliphatic heterocycles. The molecule has 1 saturated heterocycles. The van der Waals surface area contributed by atoms with E-state index < -0.39 is 0 Å². The van der Waals surface area contributed by atoms with Crippen molar-refractivity contribution >= 4 is 0 Å². The Labute approximate surface area is 125 Å². The van der Waals surface area contributed by atoms with Crippen LogP contribution in [-0.4, -0.2) is 101 Å². The van der Waals surface area contributed by atoms with Crippen molar-refractivity contribution in [2.24, 2.45) is 0 Å². The van der Waals surface area contributed by atoms with Crippen LogP contribution in [0.4, 0.5) is 0 Å². The molecule has 1 heterocycles. The first-order valence-corrected chi connectivity index (χ1v) is 7.97. The van der Waals surface area contributed by atoms with E-state index in [9.17, 15) is 0 Å². The zero-order valence-corrected chi connectivity index (χ0v) is 13.9. The third-order valence-corrected chi connectivity index (χ3v) is 3.86. The summed E-state index contributed by atoms with van der Waals surface area (Å²) in [5, 5.41) is 3.58. The number of ether oxygens (including phenoxy) is 1. The monoisotopic (exact) mass is 286 g/mol. The minimum atomic E-state index is 0.466. The van der Waals surface area contributed by atoms with E-state index in [0.717, 1.165) is 26.2 Å². The molecule has 1 unspecified atom stereocenters. The number of hydrogen-bond acceptors (Lipinski definition) is 5. The van der Waals surface area contributed by atoms with Gasteiger partial charge in [0.1, 0.15) is 0 Å². The summed E-state index contributed by atoms with van der Waals surface area (Å²) < 4.78 is 5.32. The lowest BCUT2D eigenvalue weighted by atomic mass is 10.2. The van der Waals surface area contributed by atoms with Crippen LogP contribution in [-0.2, 0) is 4.74 Å². The minimum Gasteiger partial charge on any atom is -0.383 e. The van der Waals surface area contributed by atoms with E-state index in [1.807, 2.05) is 0 Å². The number of nitrogens with zero attached hydrogens (tertiary/aromatic N) is 3. The Morgan fingerprint density at radius 1 is 1.15 bits per heavy atom. The molecule has 20 heavy (non-hydrogen) atoms. The van der Waals surface area contributed by atoms with Gasteiger partial charge in [-0.1, -0.05) is 6.92 Å². The molecule has 1 atom stereocenters. The fourth-order valence-corrected chi connectivity index (χ4v) is 2.57. The average molecular weight is 286 g/mol. The summed E-state index contributed by atoms with van der Waals surface area (Å²) in [6, 6.07) is 0.466. The van der Waals surface area contributed by atoms with Crippen LogP contribution in [0.25, 0.3) is 0 Å². The number of likely N-dealkylation sites (N-methyl/N-ethyl adjacent to an activating group) is 1. The highest BCUT2D eigenvalue weighted by atomic mass is 16.5. The van der Waals surface area contributed by atoms with Gasteiger partial charge in [0.2, 0.25) is 0 Å². The number of piperazine rings is 1. The molecule has 1 fully saturated rings. The molecule has 0 aromatic carbocycles. The van der Waals surface area contributed by atoms with E-state index in [1.165, 1.54) is 39.1 Å². The van der Waals surface area contributed by atoms with Crippen molar-refractivity contribution in [2.45, 2.75) is 19.4 Å². The molecule has 0 aromatic heterocycles. The summed E-state index contributed by atoms with van der Waals surface area (Å²) >= 11 is 0. The zero-order valence-electron chi connectivity index (χ0n) is 13.9. The van der Waals surface area contributed by atoms with Crippen molar-refractivity contribution in [3.8, 4) is 0 Å². The summed E-state index contributed by atoms with van der Waals surface area (Å²) in [5.41, 5.74) is 0. The topological polar surface area (TPSA) is 31.0 Å². The Bertz CT molecular complexity index is 230. The number of nitrogens with one attached hydrogen (secondary N) is 1. The zero-order chi connectivity index (χ0) is 14.8. The van der Waals surface area contributed by atoms with Crippen LogP contribution in [0.2, 0.25) is 0 Å². The van der Waals surface area contributed by atoms with Crippen molar-refractivity contribution in [1.82, 2.24) is 20.0 Å². The smallest absolute Gasteiger partial charge is 0.0628 e. The van der Waals surface area contributed by atoms with Crippen molar-refractivity contribution in [3.63, 3.8) is 0 Å². The average Bonchev–Trinajstić information content (AvgIpc) is 2.44. The van der Waals surface area contributed by atoms with Crippen LogP contribution in [0, 0.1) is 0 Å². The maximum Gasteiger partial charge on any atom is 0.0628 e. The summed E-state index contributed by atoms with van der Waals surface area (Å²) in [4.78, 5) is 7.40. The van der Waals surface area contributed by atoms with Crippen LogP contribution in [0.5, 0.6) is 0 Å². The lowest BCUT2D eigenvalue weighted by Gasteiger charge is -2.36. The van der Waals surface area contributed by atoms with E-state index in [0.29, 0.717) is 6.04 Å². The van der Waals surface area contributed by atoms with E-state index in [1.54, 1.807) is 7.11 Å². The summed E-state index contributed by atoms with van der Waals surface area (Å²) in [5.74, 6) is 0. The Balaban J connectivity index is 2.22. The molecule has 0 aromatic rings. The van der Waals surface area contributed by atoms with Crippen LogP contribution < -0.4 is 5.32 Å². The van der Waals surface area contributed by atoms with E-state index >= 15 is 0 Å². The molecule has 5 heteroatoms. The molecule has 5 nitrogen and oxygen atoms in total. The molecule has 0 aliphatic carbocycles. The van der Waals surface area contributed by atoms with Gasteiger partial charge in [0, 0.05) is 59.0 Å². The molecular weight excluding hydrogens is 252 g/mol. The fourth-order valence-electron chi connectivity index (χ4n) is 2.57. The second-order valence-corrected chi connectivity index (χ2v) is 6.05. The first kappa shape index (κ1) is 17.9. The molecule has 0 saturated carbocycles. The third-order valence-electron chi connectivity index (χ3n) is 3.86. The Hall–Kier alpha value is -0.200. The molecule has 0 spiro atoms. The fraction of sp³-hybridized carbons (Fsp3) is 1.00. The number of hydrogen-bond donors (Lipinski definition) is 1. The van der Waals surface area contributed by atoms with E-state index in [-0.39, 0.29) is 0 Å². The van der Waals surface area contributed by atoms with Crippen LogP contribution in [0.3, 0.4) is 0 Å². The summed E-state index contributed by atoms with van der Waals surface area (Å²) in [6.07, 6.45) is 1.18. The molecule has 1 rings (SSSR count). The maximum atomic E-state index is 5.32. The van der Waals surface area contributed by atoms with Gasteiger partial charge in [-0.3, -0.25) is 9.80 Å². The highest BCUT2D eigenvalue weighted by molar-refractivity contribution is 4.77. The second-order valence-electron chi connectivity index (χ2n) is 6.05. The van der Waals surface area contributed by atoms with Crippen molar-refractivity contribution in [3.05, 3.63) is 0 Å². The highest BCUT2D eigenvalue weighted by Gasteiger charge is 2.19. The minimum absolute atomic E-state index is 0.466. The second kappa shape index (κ2) is 10.5. The number of rotatable bonds is 10. The quantitative estimate of drug-likeness (QED) is 0.619. The largest absolute Gasteiger partial charge is 0.383 e. The predicted molar refractivity (Wildman–Crippen MR) is 85.4 cm³/mol. The van der Waals surface area contributed by atoms with Gasteiger partial charge in [0.05, 0.1) is 6.61 Å². The van der Waals surface area contributed by atoms with Crippen LogP contribution >= 0.6 is 0 Å². The molecule has 1 N–H and O–H groups in total. The third kappa shape index (κ3) is 7.55. The van der Waals surface area contributed by atoms with Gasteiger partial charge in [-0.25, -0.2) is 0 Å². The van der Waals surface area contributed by atoms with E-state index in [4.69, 9.17) is 4.74 Å². The first-order chi connectivity index (χ1) is 9.65. The number of methoxy groups -OCH3 is 1. The first-order valence-electron chi connectivity index (χ1n) is 7.97. The van der Waals surface area contributed by atoms with Crippen molar-refractivity contribution in [1.29, 1.82) is 0 Å². The Kier molecular flexibility index (Phi) is 9.39. The van der Waals surface area contributed by atoms with Gasteiger partial charge in [0.25, 0.3) is 0 Å². The standard InChI is InChI=1S/C15H34N4O/c1-5-6-16-15(14-20-4)13-19-11-9-18(10-12-19)8-7-17(2)3/h15-16H,5-14H2,1-4H3. The molecule has 0 amide bonds. The summed E-state index contributed by atoms with van der Waals surface area (Å²) in [6.45, 7) is 12.3. The van der Waals surface area contributed by atoms with Gasteiger partial charge >= 0.3 is 0 Å². The lowest BCUT2D eigenvalue weighted by molar-refractivity contribution is 0.0948. The van der Waals surface area contributed by atoms with Gasteiger partial charge in [-0.2, -0.15) is 0 Å². The maximum absolute atomic E-state index is 5.32.